The van der Waals surface area contributed by atoms with Crippen LogP contribution in [0.2, 0.25) is 0 Å². The van der Waals surface area contributed by atoms with E-state index in [1.54, 1.807) is 17.7 Å². The zero-order valence-corrected chi connectivity index (χ0v) is 14.7. The van der Waals surface area contributed by atoms with Crippen LogP contribution in [0.25, 0.3) is 5.69 Å². The summed E-state index contributed by atoms with van der Waals surface area (Å²) >= 11 is 0. The summed E-state index contributed by atoms with van der Waals surface area (Å²) in [5.41, 5.74) is 3.18. The quantitative estimate of drug-likeness (QED) is 0.915. The molecule has 1 aromatic carbocycles. The Morgan fingerprint density at radius 3 is 2.46 bits per heavy atom. The molecule has 6 heteroatoms. The monoisotopic (exact) mass is 326 g/mol. The molecule has 0 saturated heterocycles. The lowest BCUT2D eigenvalue weighted by atomic mass is 10.1. The number of nitrogens with one attached hydrogen (secondary N) is 1. The van der Waals surface area contributed by atoms with Gasteiger partial charge in [-0.3, -0.25) is 4.79 Å². The first-order chi connectivity index (χ1) is 11.3. The molecule has 1 N–H and O–H groups in total. The third-order valence-electron chi connectivity index (χ3n) is 3.64. The van der Waals surface area contributed by atoms with E-state index in [2.05, 4.69) is 22.6 Å². The van der Waals surface area contributed by atoms with Crippen molar-refractivity contribution in [2.45, 2.75) is 33.2 Å². The van der Waals surface area contributed by atoms with Crippen LogP contribution in [-0.2, 0) is 4.74 Å². The Bertz CT molecular complexity index is 784. The molecule has 0 saturated carbocycles. The fourth-order valence-electron chi connectivity index (χ4n) is 2.62. The van der Waals surface area contributed by atoms with Gasteiger partial charge in [-0.15, -0.1) is 0 Å². The second-order valence-electron chi connectivity index (χ2n) is 6.26. The molecule has 0 bridgehead atoms. The number of aromatic nitrogens is 2. The predicted octanol–water partition coefficient (Wildman–Crippen LogP) is 2.46. The number of carbonyl (C=O) groups is 1. The van der Waals surface area contributed by atoms with Crippen LogP contribution in [0.3, 0.4) is 0 Å². The van der Waals surface area contributed by atoms with Crippen molar-refractivity contribution < 1.29 is 9.53 Å². The van der Waals surface area contributed by atoms with E-state index in [4.69, 9.17) is 4.74 Å². The number of rotatable bonds is 5. The van der Waals surface area contributed by atoms with Crippen LogP contribution in [0.5, 0.6) is 0 Å². The average molecular weight is 326 g/mol. The highest BCUT2D eigenvalue weighted by molar-refractivity contribution is 5.93. The zero-order valence-electron chi connectivity index (χ0n) is 14.7. The van der Waals surface area contributed by atoms with Crippen molar-refractivity contribution in [1.29, 1.82) is 5.26 Å². The number of methoxy groups -OCH3 is 1. The van der Waals surface area contributed by atoms with Crippen molar-refractivity contribution in [3.8, 4) is 11.8 Å². The van der Waals surface area contributed by atoms with E-state index >= 15 is 0 Å². The van der Waals surface area contributed by atoms with Crippen LogP contribution in [0.1, 0.15) is 34.2 Å². The van der Waals surface area contributed by atoms with E-state index in [0.29, 0.717) is 0 Å². The van der Waals surface area contributed by atoms with Gasteiger partial charge in [0.2, 0.25) is 0 Å². The topological polar surface area (TPSA) is 79.9 Å². The Balaban J connectivity index is 2.31. The second kappa shape index (κ2) is 6.85. The first-order valence-electron chi connectivity index (χ1n) is 7.66. The standard InChI is InChI=1S/C18H22N4O2/c1-12-6-13(2)8-15(7-12)22-14(3)9-16(21-22)17(23)20-18(4,10-19)11-24-5/h6-9H,11H2,1-5H3,(H,20,23)/t18-/m0/s1. The molecular weight excluding hydrogens is 304 g/mol. The molecular formula is C18H22N4O2. The Morgan fingerprint density at radius 2 is 1.92 bits per heavy atom. The number of ether oxygens (including phenoxy) is 1. The highest BCUT2D eigenvalue weighted by Gasteiger charge is 2.28. The van der Waals surface area contributed by atoms with Gasteiger partial charge in [0.25, 0.3) is 5.91 Å². The van der Waals surface area contributed by atoms with Crippen LogP contribution in [0, 0.1) is 32.1 Å². The molecule has 0 aliphatic heterocycles. The molecule has 24 heavy (non-hydrogen) atoms. The molecule has 1 aromatic heterocycles. The Hall–Kier alpha value is -2.65. The number of carbonyl (C=O) groups excluding carboxylic acids is 1. The Kier molecular flexibility index (Phi) is 5.05. The number of nitriles is 1. The molecule has 0 unspecified atom stereocenters. The molecule has 0 aliphatic carbocycles. The van der Waals surface area contributed by atoms with Gasteiger partial charge in [0.15, 0.2) is 5.69 Å². The summed E-state index contributed by atoms with van der Waals surface area (Å²) in [4.78, 5) is 12.4. The highest BCUT2D eigenvalue weighted by atomic mass is 16.5. The molecule has 126 valence electrons. The molecule has 0 radical (unpaired) electrons. The van der Waals surface area contributed by atoms with Gasteiger partial charge in [0, 0.05) is 12.8 Å². The summed E-state index contributed by atoms with van der Waals surface area (Å²) in [5.74, 6) is -0.401. The predicted molar refractivity (Wildman–Crippen MR) is 91.1 cm³/mol. The van der Waals surface area contributed by atoms with Crippen LogP contribution in [-0.4, -0.2) is 34.9 Å². The van der Waals surface area contributed by atoms with E-state index in [9.17, 15) is 10.1 Å². The van der Waals surface area contributed by atoms with Crippen molar-refractivity contribution in [2.24, 2.45) is 0 Å². The lowest BCUT2D eigenvalue weighted by molar-refractivity contribution is 0.0855. The van der Waals surface area contributed by atoms with Gasteiger partial charge < -0.3 is 10.1 Å². The van der Waals surface area contributed by atoms with Crippen LogP contribution < -0.4 is 5.32 Å². The van der Waals surface area contributed by atoms with Crippen molar-refractivity contribution in [3.63, 3.8) is 0 Å². The van der Waals surface area contributed by atoms with Crippen molar-refractivity contribution >= 4 is 5.91 Å². The number of hydrogen-bond acceptors (Lipinski definition) is 4. The molecule has 0 aliphatic rings. The minimum atomic E-state index is -1.09. The van der Waals surface area contributed by atoms with E-state index < -0.39 is 11.4 Å². The largest absolute Gasteiger partial charge is 0.381 e. The van der Waals surface area contributed by atoms with Crippen LogP contribution in [0.4, 0.5) is 0 Å². The minimum Gasteiger partial charge on any atom is -0.381 e. The Labute approximate surface area is 142 Å². The maximum Gasteiger partial charge on any atom is 0.273 e. The number of benzene rings is 1. The molecule has 6 nitrogen and oxygen atoms in total. The number of aryl methyl sites for hydroxylation is 3. The van der Waals surface area contributed by atoms with Gasteiger partial charge in [0.1, 0.15) is 5.54 Å². The Morgan fingerprint density at radius 1 is 1.29 bits per heavy atom. The summed E-state index contributed by atoms with van der Waals surface area (Å²) in [5, 5.41) is 16.3. The summed E-state index contributed by atoms with van der Waals surface area (Å²) in [6, 6.07) is 9.87. The van der Waals surface area contributed by atoms with Gasteiger partial charge in [-0.1, -0.05) is 6.07 Å². The smallest absolute Gasteiger partial charge is 0.273 e. The third kappa shape index (κ3) is 3.81. The minimum absolute atomic E-state index is 0.103. The fraction of sp³-hybridized carbons (Fsp3) is 0.389. The molecule has 1 amide bonds. The van der Waals surface area contributed by atoms with Crippen LogP contribution in [0.15, 0.2) is 24.3 Å². The number of amides is 1. The first-order valence-corrected chi connectivity index (χ1v) is 7.66. The fourth-order valence-corrected chi connectivity index (χ4v) is 2.62. The van der Waals surface area contributed by atoms with Gasteiger partial charge >= 0.3 is 0 Å². The van der Waals surface area contributed by atoms with Gasteiger partial charge in [-0.2, -0.15) is 10.4 Å². The molecule has 0 fully saturated rings. The second-order valence-corrected chi connectivity index (χ2v) is 6.26. The molecule has 0 spiro atoms. The lowest BCUT2D eigenvalue weighted by Crippen LogP contribution is -2.48. The van der Waals surface area contributed by atoms with E-state index in [1.807, 2.05) is 32.9 Å². The van der Waals surface area contributed by atoms with Crippen molar-refractivity contribution in [3.05, 3.63) is 46.8 Å². The summed E-state index contributed by atoms with van der Waals surface area (Å²) < 4.78 is 6.73. The first kappa shape index (κ1) is 17.7. The van der Waals surface area contributed by atoms with E-state index in [-0.39, 0.29) is 12.3 Å². The average Bonchev–Trinajstić information content (AvgIpc) is 2.88. The zero-order chi connectivity index (χ0) is 17.9. The van der Waals surface area contributed by atoms with Gasteiger partial charge in [-0.25, -0.2) is 4.68 Å². The maximum absolute atomic E-state index is 12.4. The summed E-state index contributed by atoms with van der Waals surface area (Å²) in [6.45, 7) is 7.65. The summed E-state index contributed by atoms with van der Waals surface area (Å²) in [6.07, 6.45) is 0. The molecule has 2 aromatic rings. The SMILES string of the molecule is COC[C@](C)(C#N)NC(=O)c1cc(C)n(-c2cc(C)cc(C)c2)n1. The van der Waals surface area contributed by atoms with E-state index in [0.717, 1.165) is 22.5 Å². The van der Waals surface area contributed by atoms with Crippen LogP contribution >= 0.6 is 0 Å². The number of nitrogens with zero attached hydrogens (tertiary/aromatic N) is 3. The van der Waals surface area contributed by atoms with Crippen molar-refractivity contribution in [1.82, 2.24) is 15.1 Å². The highest BCUT2D eigenvalue weighted by Crippen LogP contribution is 2.16. The number of hydrogen-bond donors (Lipinski definition) is 1. The van der Waals surface area contributed by atoms with Gasteiger partial charge in [-0.05, 0) is 57.0 Å². The maximum atomic E-state index is 12.4. The van der Waals surface area contributed by atoms with Crippen molar-refractivity contribution in [2.75, 3.05) is 13.7 Å². The lowest BCUT2D eigenvalue weighted by Gasteiger charge is -2.21. The summed E-state index contributed by atoms with van der Waals surface area (Å²) in [7, 11) is 1.49. The molecule has 1 atom stereocenters. The third-order valence-corrected chi connectivity index (χ3v) is 3.64. The molecule has 1 heterocycles. The van der Waals surface area contributed by atoms with Gasteiger partial charge in [0.05, 0.1) is 18.4 Å². The molecule has 2 rings (SSSR count). The normalized spacial score (nSPS) is 13.2. The van der Waals surface area contributed by atoms with E-state index in [1.165, 1.54) is 7.11 Å².